The van der Waals surface area contributed by atoms with Gasteiger partial charge in [0, 0.05) is 24.3 Å². The van der Waals surface area contributed by atoms with Gasteiger partial charge in [0.1, 0.15) is 5.67 Å². The zero-order valence-electron chi connectivity index (χ0n) is 8.91. The number of fused-ring (bicyclic) bond motifs is 1. The van der Waals surface area contributed by atoms with Crippen LogP contribution in [0.1, 0.15) is 12.0 Å². The summed E-state index contributed by atoms with van der Waals surface area (Å²) in [6, 6.07) is 7.65. The molecule has 0 bridgehead atoms. The summed E-state index contributed by atoms with van der Waals surface area (Å²) >= 11 is 0. The Hall–Kier alpha value is -1.48. The van der Waals surface area contributed by atoms with E-state index < -0.39 is 5.67 Å². The van der Waals surface area contributed by atoms with Crippen LogP contribution in [0.3, 0.4) is 0 Å². The van der Waals surface area contributed by atoms with Crippen molar-refractivity contribution in [2.75, 3.05) is 13.1 Å². The Labute approximate surface area is 93.5 Å². The van der Waals surface area contributed by atoms with Crippen molar-refractivity contribution in [3.05, 3.63) is 42.2 Å². The Morgan fingerprint density at radius 1 is 1.31 bits per heavy atom. The standard InChI is InChI=1S/C13H13FN2/c14-13(5-7-16-9-13)12-3-1-2-10-8-15-6-4-11(10)12/h1-4,6,8,16H,5,7,9H2. The molecular weight excluding hydrogens is 203 g/mol. The van der Waals surface area contributed by atoms with Crippen molar-refractivity contribution in [1.82, 2.24) is 10.3 Å². The molecule has 0 aliphatic carbocycles. The van der Waals surface area contributed by atoms with Gasteiger partial charge in [-0.2, -0.15) is 0 Å². The molecule has 1 aliphatic rings. The van der Waals surface area contributed by atoms with Crippen molar-refractivity contribution in [2.45, 2.75) is 12.1 Å². The van der Waals surface area contributed by atoms with E-state index in [1.165, 1.54) is 0 Å². The van der Waals surface area contributed by atoms with Gasteiger partial charge in [-0.25, -0.2) is 4.39 Å². The Kier molecular flexibility index (Phi) is 2.14. The maximum absolute atomic E-state index is 14.7. The third-order valence-electron chi connectivity index (χ3n) is 3.27. The van der Waals surface area contributed by atoms with Crippen LogP contribution in [-0.4, -0.2) is 18.1 Å². The van der Waals surface area contributed by atoms with Gasteiger partial charge in [0.05, 0.1) is 0 Å². The van der Waals surface area contributed by atoms with Crippen LogP contribution in [0.5, 0.6) is 0 Å². The highest BCUT2D eigenvalue weighted by molar-refractivity contribution is 5.85. The van der Waals surface area contributed by atoms with E-state index in [9.17, 15) is 4.39 Å². The van der Waals surface area contributed by atoms with E-state index in [1.807, 2.05) is 24.3 Å². The predicted molar refractivity (Wildman–Crippen MR) is 62.0 cm³/mol. The first kappa shape index (κ1) is 9.73. The molecule has 0 amide bonds. The van der Waals surface area contributed by atoms with E-state index in [1.54, 1.807) is 12.4 Å². The second-order valence-electron chi connectivity index (χ2n) is 4.29. The van der Waals surface area contributed by atoms with Gasteiger partial charge in [-0.15, -0.1) is 0 Å². The molecule has 2 aromatic rings. The maximum Gasteiger partial charge on any atom is 0.150 e. The van der Waals surface area contributed by atoms with Gasteiger partial charge in [-0.3, -0.25) is 4.98 Å². The fourth-order valence-electron chi connectivity index (χ4n) is 2.40. The van der Waals surface area contributed by atoms with Crippen LogP contribution in [0.15, 0.2) is 36.7 Å². The number of hydrogen-bond donors (Lipinski definition) is 1. The third kappa shape index (κ3) is 1.39. The van der Waals surface area contributed by atoms with Gasteiger partial charge in [-0.1, -0.05) is 18.2 Å². The van der Waals surface area contributed by atoms with E-state index in [-0.39, 0.29) is 0 Å². The Morgan fingerprint density at radius 3 is 3.06 bits per heavy atom. The average Bonchev–Trinajstić information content (AvgIpc) is 2.77. The fraction of sp³-hybridized carbons (Fsp3) is 0.308. The SMILES string of the molecule is FC1(c2cccc3cnccc23)CCNC1. The molecule has 82 valence electrons. The number of rotatable bonds is 1. The highest BCUT2D eigenvalue weighted by Crippen LogP contribution is 2.36. The smallest absolute Gasteiger partial charge is 0.150 e. The Bertz CT molecular complexity index is 513. The summed E-state index contributed by atoms with van der Waals surface area (Å²) in [5.41, 5.74) is -0.432. The topological polar surface area (TPSA) is 24.9 Å². The minimum atomic E-state index is -1.22. The Balaban J connectivity index is 2.23. The first-order chi connectivity index (χ1) is 7.80. The van der Waals surface area contributed by atoms with Crippen LogP contribution in [0, 0.1) is 0 Å². The van der Waals surface area contributed by atoms with Gasteiger partial charge in [0.25, 0.3) is 0 Å². The minimum absolute atomic E-state index is 0.411. The molecule has 0 saturated carbocycles. The molecule has 16 heavy (non-hydrogen) atoms. The van der Waals surface area contributed by atoms with Gasteiger partial charge in [0.15, 0.2) is 0 Å². The molecule has 2 heterocycles. The van der Waals surface area contributed by atoms with Crippen LogP contribution in [-0.2, 0) is 5.67 Å². The monoisotopic (exact) mass is 216 g/mol. The van der Waals surface area contributed by atoms with Crippen LogP contribution in [0.2, 0.25) is 0 Å². The molecule has 1 aromatic carbocycles. The molecule has 1 saturated heterocycles. The molecule has 1 fully saturated rings. The predicted octanol–water partition coefficient (Wildman–Crippen LogP) is 2.39. The lowest BCUT2D eigenvalue weighted by atomic mass is 9.91. The summed E-state index contributed by atoms with van der Waals surface area (Å²) in [7, 11) is 0. The largest absolute Gasteiger partial charge is 0.313 e. The van der Waals surface area contributed by atoms with Crippen LogP contribution >= 0.6 is 0 Å². The van der Waals surface area contributed by atoms with E-state index in [0.717, 1.165) is 22.9 Å². The number of hydrogen-bond acceptors (Lipinski definition) is 2. The first-order valence-corrected chi connectivity index (χ1v) is 5.52. The number of nitrogens with one attached hydrogen (secondary N) is 1. The highest BCUT2D eigenvalue weighted by Gasteiger charge is 2.36. The molecule has 0 spiro atoms. The summed E-state index contributed by atoms with van der Waals surface area (Å²) in [6.45, 7) is 1.16. The summed E-state index contributed by atoms with van der Waals surface area (Å²) in [4.78, 5) is 4.07. The number of alkyl halides is 1. The molecule has 2 nitrogen and oxygen atoms in total. The van der Waals surface area contributed by atoms with E-state index >= 15 is 0 Å². The number of pyridine rings is 1. The van der Waals surface area contributed by atoms with Gasteiger partial charge < -0.3 is 5.32 Å². The lowest BCUT2D eigenvalue weighted by Crippen LogP contribution is -2.23. The molecule has 1 aliphatic heterocycles. The quantitative estimate of drug-likeness (QED) is 0.791. The van der Waals surface area contributed by atoms with Gasteiger partial charge in [-0.05, 0) is 30.0 Å². The molecule has 1 aromatic heterocycles. The number of nitrogens with zero attached hydrogens (tertiary/aromatic N) is 1. The molecule has 0 radical (unpaired) electrons. The summed E-state index contributed by atoms with van der Waals surface area (Å²) in [6.07, 6.45) is 4.05. The van der Waals surface area contributed by atoms with Crippen molar-refractivity contribution in [3.8, 4) is 0 Å². The van der Waals surface area contributed by atoms with E-state index in [4.69, 9.17) is 0 Å². The summed E-state index contributed by atoms with van der Waals surface area (Å²) < 4.78 is 14.7. The third-order valence-corrected chi connectivity index (χ3v) is 3.27. The molecule has 1 unspecified atom stereocenters. The van der Waals surface area contributed by atoms with E-state index in [2.05, 4.69) is 10.3 Å². The van der Waals surface area contributed by atoms with Crippen molar-refractivity contribution in [2.24, 2.45) is 0 Å². The van der Waals surface area contributed by atoms with Gasteiger partial charge in [0.2, 0.25) is 0 Å². The zero-order chi connectivity index (χ0) is 11.0. The highest BCUT2D eigenvalue weighted by atomic mass is 19.1. The number of benzene rings is 1. The van der Waals surface area contributed by atoms with Crippen molar-refractivity contribution in [1.29, 1.82) is 0 Å². The molecule has 1 atom stereocenters. The molecule has 1 N–H and O–H groups in total. The number of aromatic nitrogens is 1. The first-order valence-electron chi connectivity index (χ1n) is 5.52. The average molecular weight is 216 g/mol. The summed E-state index contributed by atoms with van der Waals surface area (Å²) in [5, 5.41) is 5.06. The van der Waals surface area contributed by atoms with Crippen molar-refractivity contribution < 1.29 is 4.39 Å². The molecule has 3 rings (SSSR count). The fourth-order valence-corrected chi connectivity index (χ4v) is 2.40. The van der Waals surface area contributed by atoms with Crippen LogP contribution < -0.4 is 5.32 Å². The normalized spacial score (nSPS) is 25.1. The van der Waals surface area contributed by atoms with Crippen LogP contribution in [0.4, 0.5) is 4.39 Å². The van der Waals surface area contributed by atoms with Crippen molar-refractivity contribution in [3.63, 3.8) is 0 Å². The summed E-state index contributed by atoms with van der Waals surface area (Å²) in [5.74, 6) is 0. The van der Waals surface area contributed by atoms with Crippen molar-refractivity contribution >= 4 is 10.8 Å². The zero-order valence-corrected chi connectivity index (χ0v) is 8.91. The van der Waals surface area contributed by atoms with Crippen LogP contribution in [0.25, 0.3) is 10.8 Å². The Morgan fingerprint density at radius 2 is 2.25 bits per heavy atom. The lowest BCUT2D eigenvalue weighted by molar-refractivity contribution is 0.195. The minimum Gasteiger partial charge on any atom is -0.313 e. The second kappa shape index (κ2) is 3.52. The second-order valence-corrected chi connectivity index (χ2v) is 4.29. The lowest BCUT2D eigenvalue weighted by Gasteiger charge is -2.20. The molecule has 3 heteroatoms. The maximum atomic E-state index is 14.7. The van der Waals surface area contributed by atoms with E-state index in [0.29, 0.717) is 13.0 Å². The number of halogens is 1. The molecular formula is C13H13FN2. The van der Waals surface area contributed by atoms with Gasteiger partial charge >= 0.3 is 0 Å².